The lowest BCUT2D eigenvalue weighted by Gasteiger charge is -2.09. The zero-order valence-corrected chi connectivity index (χ0v) is 15.0. The summed E-state index contributed by atoms with van der Waals surface area (Å²) in [5.41, 5.74) is -0.630. The molecule has 0 bridgehead atoms. The second-order valence-electron chi connectivity index (χ2n) is 5.77. The van der Waals surface area contributed by atoms with E-state index in [2.05, 4.69) is 9.71 Å². The van der Waals surface area contributed by atoms with Gasteiger partial charge in [-0.25, -0.2) is 26.9 Å². The maximum atomic E-state index is 14.7. The predicted octanol–water partition coefficient (Wildman–Crippen LogP) is 2.53. The van der Waals surface area contributed by atoms with Crippen molar-refractivity contribution in [3.05, 3.63) is 72.2 Å². The van der Waals surface area contributed by atoms with Gasteiger partial charge in [0.15, 0.2) is 5.78 Å². The van der Waals surface area contributed by atoms with Crippen LogP contribution in [-0.2, 0) is 17.1 Å². The molecule has 9 heteroatoms. The third kappa shape index (κ3) is 3.93. The summed E-state index contributed by atoms with van der Waals surface area (Å²) in [5.74, 6) is -3.18. The summed E-state index contributed by atoms with van der Waals surface area (Å²) in [7, 11) is -2.30. The van der Waals surface area contributed by atoms with Gasteiger partial charge in [-0.1, -0.05) is 18.2 Å². The van der Waals surface area contributed by atoms with Gasteiger partial charge >= 0.3 is 0 Å². The van der Waals surface area contributed by atoms with Crippen LogP contribution in [0.3, 0.4) is 0 Å². The van der Waals surface area contributed by atoms with Crippen LogP contribution in [0.25, 0.3) is 11.3 Å². The SMILES string of the molecule is Cn1cnc(-c2ccc(F)c(C(=O)CNS(=O)(=O)c3ccccc3)c2F)c1. The first kappa shape index (κ1) is 18.9. The number of hydrogen-bond donors (Lipinski definition) is 1. The molecule has 0 saturated carbocycles. The van der Waals surface area contributed by atoms with Crippen LogP contribution in [0.2, 0.25) is 0 Å². The molecule has 0 spiro atoms. The monoisotopic (exact) mass is 391 g/mol. The van der Waals surface area contributed by atoms with Crippen LogP contribution in [0.15, 0.2) is 59.9 Å². The number of carbonyl (C=O) groups excluding carboxylic acids is 1. The number of halogens is 2. The molecule has 3 aromatic rings. The van der Waals surface area contributed by atoms with Gasteiger partial charge in [-0.2, -0.15) is 0 Å². The standard InChI is InChI=1S/C18H15F2N3O3S/c1-23-10-15(21-11-23)13-7-8-14(19)17(18(13)20)16(24)9-22-27(25,26)12-5-3-2-4-6-12/h2-8,10-11,22H,9H2,1H3. The molecule has 27 heavy (non-hydrogen) atoms. The fourth-order valence-electron chi connectivity index (χ4n) is 2.49. The first-order chi connectivity index (χ1) is 12.8. The minimum absolute atomic E-state index is 0.0498. The third-order valence-electron chi connectivity index (χ3n) is 3.83. The van der Waals surface area contributed by atoms with Gasteiger partial charge in [0.1, 0.15) is 11.6 Å². The molecule has 0 aliphatic rings. The third-order valence-corrected chi connectivity index (χ3v) is 5.24. The van der Waals surface area contributed by atoms with E-state index >= 15 is 0 Å². The van der Waals surface area contributed by atoms with Gasteiger partial charge in [0.2, 0.25) is 10.0 Å². The topological polar surface area (TPSA) is 81.1 Å². The molecule has 0 aliphatic carbocycles. The minimum atomic E-state index is -3.98. The molecule has 0 amide bonds. The van der Waals surface area contributed by atoms with Crippen molar-refractivity contribution in [3.63, 3.8) is 0 Å². The maximum absolute atomic E-state index is 14.7. The summed E-state index contributed by atoms with van der Waals surface area (Å²) in [5, 5.41) is 0. The Balaban J connectivity index is 1.87. The molecule has 6 nitrogen and oxygen atoms in total. The minimum Gasteiger partial charge on any atom is -0.340 e. The van der Waals surface area contributed by atoms with Crippen molar-refractivity contribution in [1.29, 1.82) is 0 Å². The smallest absolute Gasteiger partial charge is 0.240 e. The molecule has 1 N–H and O–H groups in total. The molecule has 1 heterocycles. The molecular weight excluding hydrogens is 376 g/mol. The summed E-state index contributed by atoms with van der Waals surface area (Å²) >= 11 is 0. The Morgan fingerprint density at radius 2 is 1.85 bits per heavy atom. The summed E-state index contributed by atoms with van der Waals surface area (Å²) < 4.78 is 56.8. The number of rotatable bonds is 6. The van der Waals surface area contributed by atoms with Gasteiger partial charge in [-0.3, -0.25) is 4.79 Å². The normalized spacial score (nSPS) is 11.5. The van der Waals surface area contributed by atoms with Crippen molar-refractivity contribution in [2.75, 3.05) is 6.54 Å². The van der Waals surface area contributed by atoms with Crippen LogP contribution in [0.5, 0.6) is 0 Å². The summed E-state index contributed by atoms with van der Waals surface area (Å²) in [6.45, 7) is -0.781. The quantitative estimate of drug-likeness (QED) is 0.655. The molecule has 2 aromatic carbocycles. The number of hydrogen-bond acceptors (Lipinski definition) is 4. The van der Waals surface area contributed by atoms with E-state index in [1.54, 1.807) is 17.7 Å². The predicted molar refractivity (Wildman–Crippen MR) is 94.5 cm³/mol. The highest BCUT2D eigenvalue weighted by Gasteiger charge is 2.24. The van der Waals surface area contributed by atoms with E-state index in [9.17, 15) is 22.0 Å². The highest BCUT2D eigenvalue weighted by molar-refractivity contribution is 7.89. The number of sulfonamides is 1. The Morgan fingerprint density at radius 1 is 1.15 bits per heavy atom. The number of benzene rings is 2. The van der Waals surface area contributed by atoms with Crippen LogP contribution in [-0.4, -0.2) is 30.3 Å². The highest BCUT2D eigenvalue weighted by atomic mass is 32.2. The Morgan fingerprint density at radius 3 is 2.48 bits per heavy atom. The molecule has 0 unspecified atom stereocenters. The Bertz CT molecular complexity index is 1100. The number of nitrogens with one attached hydrogen (secondary N) is 1. The van der Waals surface area contributed by atoms with Crippen molar-refractivity contribution >= 4 is 15.8 Å². The summed E-state index contributed by atoms with van der Waals surface area (Å²) in [6, 6.07) is 9.49. The second kappa shape index (κ2) is 7.37. The van der Waals surface area contributed by atoms with Gasteiger partial charge in [0, 0.05) is 18.8 Å². The summed E-state index contributed by atoms with van der Waals surface area (Å²) in [4.78, 5) is 16.2. The van der Waals surface area contributed by atoms with Gasteiger partial charge in [0.25, 0.3) is 0 Å². The maximum Gasteiger partial charge on any atom is 0.240 e. The largest absolute Gasteiger partial charge is 0.340 e. The first-order valence-electron chi connectivity index (χ1n) is 7.84. The average molecular weight is 391 g/mol. The fraction of sp³-hybridized carbons (Fsp3) is 0.111. The first-order valence-corrected chi connectivity index (χ1v) is 9.32. The number of ketones is 1. The van der Waals surface area contributed by atoms with Gasteiger partial charge in [-0.05, 0) is 24.3 Å². The molecular formula is C18H15F2N3O3S. The average Bonchev–Trinajstić information content (AvgIpc) is 3.07. The molecule has 3 rings (SSSR count). The molecule has 0 fully saturated rings. The van der Waals surface area contributed by atoms with E-state index in [-0.39, 0.29) is 16.2 Å². The molecule has 0 radical (unpaired) electrons. The van der Waals surface area contributed by atoms with Gasteiger partial charge in [0.05, 0.1) is 29.0 Å². The lowest BCUT2D eigenvalue weighted by Crippen LogP contribution is -2.30. The van der Waals surface area contributed by atoms with E-state index in [1.807, 2.05) is 0 Å². The lowest BCUT2D eigenvalue weighted by atomic mass is 10.0. The Labute approximate surface area is 154 Å². The molecule has 0 aliphatic heterocycles. The molecule has 0 atom stereocenters. The fourth-order valence-corrected chi connectivity index (χ4v) is 3.49. The van der Waals surface area contributed by atoms with Crippen molar-refractivity contribution in [3.8, 4) is 11.3 Å². The Hall–Kier alpha value is -2.91. The molecule has 1 aromatic heterocycles. The van der Waals surface area contributed by atoms with E-state index in [4.69, 9.17) is 0 Å². The number of nitrogens with zero attached hydrogens (tertiary/aromatic N) is 2. The van der Waals surface area contributed by atoms with Crippen molar-refractivity contribution in [2.45, 2.75) is 4.90 Å². The molecule has 140 valence electrons. The van der Waals surface area contributed by atoms with Crippen molar-refractivity contribution in [1.82, 2.24) is 14.3 Å². The van der Waals surface area contributed by atoms with Gasteiger partial charge in [-0.15, -0.1) is 0 Å². The van der Waals surface area contributed by atoms with E-state index in [0.717, 1.165) is 6.07 Å². The van der Waals surface area contributed by atoms with Crippen LogP contribution >= 0.6 is 0 Å². The van der Waals surface area contributed by atoms with Crippen LogP contribution < -0.4 is 4.72 Å². The van der Waals surface area contributed by atoms with Crippen LogP contribution in [0.4, 0.5) is 8.78 Å². The number of imidazole rings is 1. The van der Waals surface area contributed by atoms with Gasteiger partial charge < -0.3 is 4.57 Å². The van der Waals surface area contributed by atoms with Crippen LogP contribution in [0.1, 0.15) is 10.4 Å². The van der Waals surface area contributed by atoms with Crippen molar-refractivity contribution in [2.24, 2.45) is 7.05 Å². The van der Waals surface area contributed by atoms with E-state index in [1.165, 1.54) is 42.9 Å². The van der Waals surface area contributed by atoms with E-state index in [0.29, 0.717) is 0 Å². The van der Waals surface area contributed by atoms with E-state index < -0.39 is 39.5 Å². The second-order valence-corrected chi connectivity index (χ2v) is 7.54. The summed E-state index contributed by atoms with van der Waals surface area (Å²) in [6.07, 6.45) is 2.95. The molecule has 0 saturated heterocycles. The number of Topliss-reactive ketones (excluding diaryl/α,β-unsaturated/α-hetero) is 1. The Kier molecular flexibility index (Phi) is 5.15. The zero-order valence-electron chi connectivity index (χ0n) is 14.2. The van der Waals surface area contributed by atoms with Crippen LogP contribution in [0, 0.1) is 11.6 Å². The number of aromatic nitrogens is 2. The number of carbonyl (C=O) groups is 1. The zero-order chi connectivity index (χ0) is 19.6. The highest BCUT2D eigenvalue weighted by Crippen LogP contribution is 2.25. The lowest BCUT2D eigenvalue weighted by molar-refractivity contribution is 0.0989. The number of aryl methyl sites for hydroxylation is 1. The van der Waals surface area contributed by atoms with Crippen molar-refractivity contribution < 1.29 is 22.0 Å².